The van der Waals surface area contributed by atoms with Gasteiger partial charge in [-0.3, -0.25) is 4.68 Å². The highest BCUT2D eigenvalue weighted by atomic mass is 35.5. The summed E-state index contributed by atoms with van der Waals surface area (Å²) in [4.78, 5) is 0.303. The third-order valence-electron chi connectivity index (χ3n) is 4.60. The largest absolute Gasteiger partial charge is 0.264 e. The van der Waals surface area contributed by atoms with Gasteiger partial charge in [0.05, 0.1) is 17.9 Å². The van der Waals surface area contributed by atoms with Crippen molar-refractivity contribution in [2.75, 3.05) is 13.1 Å². The molecule has 1 aliphatic rings. The molecule has 25 heavy (non-hydrogen) atoms. The van der Waals surface area contributed by atoms with Gasteiger partial charge in [0.25, 0.3) is 0 Å². The maximum atomic E-state index is 13.0. The molecule has 0 atom stereocenters. The molecule has 2 aromatic rings. The average molecular weight is 402 g/mol. The fraction of sp³-hybridized carbons (Fsp3) is 0.471. The number of piperidine rings is 1. The molecule has 1 saturated heterocycles. The summed E-state index contributed by atoms with van der Waals surface area (Å²) in [6, 6.07) is 5.31. The average Bonchev–Trinajstić information content (AvgIpc) is 2.86. The summed E-state index contributed by atoms with van der Waals surface area (Å²) in [6.45, 7) is 4.99. The second kappa shape index (κ2) is 7.27. The van der Waals surface area contributed by atoms with Gasteiger partial charge in [0, 0.05) is 28.7 Å². The van der Waals surface area contributed by atoms with Crippen molar-refractivity contribution in [1.82, 2.24) is 14.1 Å². The van der Waals surface area contributed by atoms with Gasteiger partial charge < -0.3 is 0 Å². The van der Waals surface area contributed by atoms with E-state index in [1.54, 1.807) is 41.0 Å². The zero-order valence-electron chi connectivity index (χ0n) is 14.3. The van der Waals surface area contributed by atoms with Gasteiger partial charge in [-0.1, -0.05) is 35.7 Å². The summed E-state index contributed by atoms with van der Waals surface area (Å²) >= 11 is 12.5. The highest BCUT2D eigenvalue weighted by molar-refractivity contribution is 7.89. The SMILES string of the molecule is Cc1nn(Cc2c(Cl)cccc2Cl)c(C)c1S(=O)(=O)N1CCCCC1. The van der Waals surface area contributed by atoms with Crippen LogP contribution in [0.3, 0.4) is 0 Å². The zero-order valence-corrected chi connectivity index (χ0v) is 16.6. The van der Waals surface area contributed by atoms with Gasteiger partial charge in [0.2, 0.25) is 10.0 Å². The minimum atomic E-state index is -3.53. The summed E-state index contributed by atoms with van der Waals surface area (Å²) < 4.78 is 29.3. The van der Waals surface area contributed by atoms with Crippen molar-refractivity contribution in [3.05, 3.63) is 45.2 Å². The molecule has 0 amide bonds. The molecular formula is C17H21Cl2N3O2S. The van der Waals surface area contributed by atoms with Crippen molar-refractivity contribution in [3.63, 3.8) is 0 Å². The number of aromatic nitrogens is 2. The molecule has 3 rings (SSSR count). The molecule has 1 fully saturated rings. The van der Waals surface area contributed by atoms with Crippen LogP contribution in [-0.2, 0) is 16.6 Å². The summed E-state index contributed by atoms with van der Waals surface area (Å²) in [5, 5.41) is 5.53. The summed E-state index contributed by atoms with van der Waals surface area (Å²) in [5.74, 6) is 0. The minimum Gasteiger partial charge on any atom is -0.264 e. The molecule has 2 heterocycles. The van der Waals surface area contributed by atoms with Crippen molar-refractivity contribution < 1.29 is 8.42 Å². The van der Waals surface area contributed by atoms with Gasteiger partial charge in [-0.05, 0) is 38.8 Å². The number of sulfonamides is 1. The van der Waals surface area contributed by atoms with Gasteiger partial charge in [0.15, 0.2) is 0 Å². The lowest BCUT2D eigenvalue weighted by molar-refractivity contribution is 0.346. The van der Waals surface area contributed by atoms with Crippen molar-refractivity contribution in [3.8, 4) is 0 Å². The topological polar surface area (TPSA) is 55.2 Å². The van der Waals surface area contributed by atoms with E-state index in [0.717, 1.165) is 24.8 Å². The van der Waals surface area contributed by atoms with E-state index in [0.29, 0.717) is 46.0 Å². The monoisotopic (exact) mass is 401 g/mol. The predicted octanol–water partition coefficient (Wildman–Crippen LogP) is 4.03. The number of nitrogens with zero attached hydrogens (tertiary/aromatic N) is 3. The Morgan fingerprint density at radius 2 is 1.68 bits per heavy atom. The van der Waals surface area contributed by atoms with Crippen LogP contribution in [0.2, 0.25) is 10.0 Å². The Balaban J connectivity index is 1.99. The van der Waals surface area contributed by atoms with E-state index in [1.165, 1.54) is 0 Å². The molecule has 136 valence electrons. The Bertz CT molecular complexity index is 867. The smallest absolute Gasteiger partial charge is 0.246 e. The summed E-state index contributed by atoms with van der Waals surface area (Å²) in [5.41, 5.74) is 1.85. The first kappa shape index (κ1) is 18.7. The number of rotatable bonds is 4. The fourth-order valence-electron chi connectivity index (χ4n) is 3.28. The van der Waals surface area contributed by atoms with Crippen LogP contribution in [0.25, 0.3) is 0 Å². The van der Waals surface area contributed by atoms with E-state index in [9.17, 15) is 8.42 Å². The Kier molecular flexibility index (Phi) is 5.44. The minimum absolute atomic E-state index is 0.303. The van der Waals surface area contributed by atoms with E-state index in [2.05, 4.69) is 5.10 Å². The van der Waals surface area contributed by atoms with Gasteiger partial charge in [-0.15, -0.1) is 0 Å². The van der Waals surface area contributed by atoms with Gasteiger partial charge in [0.1, 0.15) is 4.90 Å². The fourth-order valence-corrected chi connectivity index (χ4v) is 5.68. The molecule has 8 heteroatoms. The molecular weight excluding hydrogens is 381 g/mol. The highest BCUT2D eigenvalue weighted by Crippen LogP contribution is 2.29. The van der Waals surface area contributed by atoms with E-state index < -0.39 is 10.0 Å². The number of benzene rings is 1. The van der Waals surface area contributed by atoms with Crippen LogP contribution >= 0.6 is 23.2 Å². The van der Waals surface area contributed by atoms with E-state index >= 15 is 0 Å². The van der Waals surface area contributed by atoms with E-state index in [-0.39, 0.29) is 0 Å². The van der Waals surface area contributed by atoms with Crippen molar-refractivity contribution in [2.45, 2.75) is 44.6 Å². The van der Waals surface area contributed by atoms with Crippen LogP contribution in [0.5, 0.6) is 0 Å². The zero-order chi connectivity index (χ0) is 18.2. The summed E-state index contributed by atoms with van der Waals surface area (Å²) in [7, 11) is -3.53. The molecule has 5 nitrogen and oxygen atoms in total. The molecule has 1 aliphatic heterocycles. The normalized spacial score (nSPS) is 16.3. The number of aryl methyl sites for hydroxylation is 1. The molecule has 0 aliphatic carbocycles. The van der Waals surface area contributed by atoms with Gasteiger partial charge in [-0.2, -0.15) is 9.40 Å². The lowest BCUT2D eigenvalue weighted by Gasteiger charge is -2.26. The molecule has 1 aromatic carbocycles. The molecule has 0 bridgehead atoms. The number of halogens is 2. The van der Waals surface area contributed by atoms with Crippen LogP contribution < -0.4 is 0 Å². The first-order chi connectivity index (χ1) is 11.8. The Labute approximate surface area is 158 Å². The van der Waals surface area contributed by atoms with Crippen LogP contribution in [0.15, 0.2) is 23.1 Å². The highest BCUT2D eigenvalue weighted by Gasteiger charge is 2.31. The van der Waals surface area contributed by atoms with E-state index in [4.69, 9.17) is 23.2 Å². The standard InChI is InChI=1S/C17H21Cl2N3O2S/c1-12-17(25(23,24)21-9-4-3-5-10-21)13(2)22(20-12)11-14-15(18)7-6-8-16(14)19/h6-8H,3-5,9-11H2,1-2H3. The summed E-state index contributed by atoms with van der Waals surface area (Å²) in [6.07, 6.45) is 2.88. The van der Waals surface area contributed by atoms with Crippen molar-refractivity contribution >= 4 is 33.2 Å². The lowest BCUT2D eigenvalue weighted by Crippen LogP contribution is -2.36. The van der Waals surface area contributed by atoms with Crippen LogP contribution in [0, 0.1) is 13.8 Å². The molecule has 0 saturated carbocycles. The Morgan fingerprint density at radius 3 is 2.28 bits per heavy atom. The van der Waals surface area contributed by atoms with E-state index in [1.807, 2.05) is 0 Å². The lowest BCUT2D eigenvalue weighted by atomic mass is 10.2. The van der Waals surface area contributed by atoms with Gasteiger partial charge in [-0.25, -0.2) is 8.42 Å². The first-order valence-electron chi connectivity index (χ1n) is 8.29. The number of hydrogen-bond donors (Lipinski definition) is 0. The van der Waals surface area contributed by atoms with Crippen LogP contribution in [-0.4, -0.2) is 35.6 Å². The molecule has 0 radical (unpaired) electrons. The van der Waals surface area contributed by atoms with Crippen LogP contribution in [0.4, 0.5) is 0 Å². The quantitative estimate of drug-likeness (QED) is 0.776. The van der Waals surface area contributed by atoms with Gasteiger partial charge >= 0.3 is 0 Å². The molecule has 0 spiro atoms. The second-order valence-corrected chi connectivity index (χ2v) is 9.01. The Morgan fingerprint density at radius 1 is 1.08 bits per heavy atom. The first-order valence-corrected chi connectivity index (χ1v) is 10.5. The third kappa shape index (κ3) is 3.58. The van der Waals surface area contributed by atoms with Crippen molar-refractivity contribution in [1.29, 1.82) is 0 Å². The predicted molar refractivity (Wildman–Crippen MR) is 99.9 cm³/mol. The van der Waals surface area contributed by atoms with Crippen LogP contribution in [0.1, 0.15) is 36.2 Å². The third-order valence-corrected chi connectivity index (χ3v) is 7.46. The van der Waals surface area contributed by atoms with Crippen molar-refractivity contribution in [2.24, 2.45) is 0 Å². The Hall–Kier alpha value is -1.08. The maximum Gasteiger partial charge on any atom is 0.246 e. The number of hydrogen-bond acceptors (Lipinski definition) is 3. The molecule has 1 aromatic heterocycles. The molecule has 0 N–H and O–H groups in total. The molecule has 0 unspecified atom stereocenters. The second-order valence-electron chi connectivity index (χ2n) is 6.32. The maximum absolute atomic E-state index is 13.0.